The SMILES string of the molecule is CN(CCC(N)c1cccc(Cl)c1Cl)CC1CCCO1. The quantitative estimate of drug-likeness (QED) is 0.873. The van der Waals surface area contributed by atoms with E-state index in [-0.39, 0.29) is 6.04 Å². The van der Waals surface area contributed by atoms with Gasteiger partial charge in [-0.1, -0.05) is 35.3 Å². The van der Waals surface area contributed by atoms with Gasteiger partial charge in [-0.2, -0.15) is 0 Å². The van der Waals surface area contributed by atoms with E-state index < -0.39 is 0 Å². The number of hydrogen-bond acceptors (Lipinski definition) is 3. The fourth-order valence-corrected chi connectivity index (χ4v) is 3.00. The maximum atomic E-state index is 6.22. The number of ether oxygens (including phenoxy) is 1. The van der Waals surface area contributed by atoms with E-state index in [2.05, 4.69) is 11.9 Å². The van der Waals surface area contributed by atoms with E-state index in [1.165, 1.54) is 6.42 Å². The molecule has 2 unspecified atom stereocenters. The summed E-state index contributed by atoms with van der Waals surface area (Å²) < 4.78 is 5.64. The predicted octanol–water partition coefficient (Wildman–Crippen LogP) is 3.49. The molecule has 1 aliphatic rings. The molecule has 0 spiro atoms. The highest BCUT2D eigenvalue weighted by Gasteiger charge is 2.18. The molecule has 3 nitrogen and oxygen atoms in total. The smallest absolute Gasteiger partial charge is 0.0702 e. The van der Waals surface area contributed by atoms with Crippen LogP contribution in [0.2, 0.25) is 10.0 Å². The fourth-order valence-electron chi connectivity index (χ4n) is 2.55. The van der Waals surface area contributed by atoms with Crippen molar-refractivity contribution in [2.45, 2.75) is 31.4 Å². The van der Waals surface area contributed by atoms with Crippen LogP contribution in [0.15, 0.2) is 18.2 Å². The first-order chi connectivity index (χ1) is 9.58. The van der Waals surface area contributed by atoms with Gasteiger partial charge in [-0.3, -0.25) is 0 Å². The number of hydrogen-bond donors (Lipinski definition) is 1. The monoisotopic (exact) mass is 316 g/mol. The van der Waals surface area contributed by atoms with E-state index in [1.54, 1.807) is 6.07 Å². The maximum Gasteiger partial charge on any atom is 0.0702 e. The third-order valence-corrected chi connectivity index (χ3v) is 4.58. The van der Waals surface area contributed by atoms with Gasteiger partial charge in [0.25, 0.3) is 0 Å². The summed E-state index contributed by atoms with van der Waals surface area (Å²) in [4.78, 5) is 2.27. The Kier molecular flexibility index (Phi) is 6.12. The van der Waals surface area contributed by atoms with Gasteiger partial charge in [0.15, 0.2) is 0 Å². The Morgan fingerprint density at radius 1 is 1.45 bits per heavy atom. The maximum absolute atomic E-state index is 6.22. The van der Waals surface area contributed by atoms with Crippen molar-refractivity contribution in [3.05, 3.63) is 33.8 Å². The molecule has 5 heteroatoms. The predicted molar refractivity (Wildman–Crippen MR) is 84.5 cm³/mol. The van der Waals surface area contributed by atoms with Gasteiger partial charge in [0.1, 0.15) is 0 Å². The van der Waals surface area contributed by atoms with Gasteiger partial charge < -0.3 is 15.4 Å². The lowest BCUT2D eigenvalue weighted by atomic mass is 10.0. The van der Waals surface area contributed by atoms with E-state index in [4.69, 9.17) is 33.7 Å². The molecule has 1 aromatic carbocycles. The molecule has 0 aliphatic carbocycles. The van der Waals surface area contributed by atoms with Gasteiger partial charge in [0, 0.05) is 19.2 Å². The van der Waals surface area contributed by atoms with Crippen molar-refractivity contribution in [3.63, 3.8) is 0 Å². The van der Waals surface area contributed by atoms with Crippen molar-refractivity contribution in [2.75, 3.05) is 26.7 Å². The number of nitrogens with two attached hydrogens (primary N) is 1. The lowest BCUT2D eigenvalue weighted by Gasteiger charge is -2.22. The lowest BCUT2D eigenvalue weighted by Crippen LogP contribution is -2.31. The zero-order chi connectivity index (χ0) is 14.5. The number of halogens is 2. The Labute approximate surface area is 131 Å². The highest BCUT2D eigenvalue weighted by atomic mass is 35.5. The number of nitrogens with zero attached hydrogens (tertiary/aromatic N) is 1. The van der Waals surface area contributed by atoms with E-state index in [0.717, 1.165) is 38.1 Å². The van der Waals surface area contributed by atoms with Crippen LogP contribution in [-0.2, 0) is 4.74 Å². The Hall–Kier alpha value is -0.320. The van der Waals surface area contributed by atoms with E-state index in [1.807, 2.05) is 12.1 Å². The molecule has 0 saturated carbocycles. The van der Waals surface area contributed by atoms with E-state index in [0.29, 0.717) is 16.1 Å². The van der Waals surface area contributed by atoms with Gasteiger partial charge in [-0.15, -0.1) is 0 Å². The molecule has 0 amide bonds. The number of rotatable bonds is 6. The van der Waals surface area contributed by atoms with Crippen LogP contribution in [0, 0.1) is 0 Å². The number of likely N-dealkylation sites (N-methyl/N-ethyl adjacent to an activating group) is 1. The van der Waals surface area contributed by atoms with Crippen molar-refractivity contribution >= 4 is 23.2 Å². The Morgan fingerprint density at radius 2 is 2.25 bits per heavy atom. The third-order valence-electron chi connectivity index (χ3n) is 3.74. The number of benzene rings is 1. The van der Waals surface area contributed by atoms with Crippen LogP contribution in [0.4, 0.5) is 0 Å². The standard InChI is InChI=1S/C15H22Cl2N2O/c1-19(10-11-4-3-9-20-11)8-7-14(18)12-5-2-6-13(16)15(12)17/h2,5-6,11,14H,3-4,7-10,18H2,1H3. The highest BCUT2D eigenvalue weighted by molar-refractivity contribution is 6.42. The summed E-state index contributed by atoms with van der Waals surface area (Å²) >= 11 is 12.2. The molecule has 1 aliphatic heterocycles. The van der Waals surface area contributed by atoms with Crippen LogP contribution in [0.3, 0.4) is 0 Å². The first kappa shape index (κ1) is 16.1. The Balaban J connectivity index is 1.81. The summed E-state index contributed by atoms with van der Waals surface area (Å²) in [5, 5.41) is 1.13. The van der Waals surface area contributed by atoms with Gasteiger partial charge >= 0.3 is 0 Å². The molecule has 0 radical (unpaired) electrons. The molecule has 2 atom stereocenters. The molecule has 0 bridgehead atoms. The van der Waals surface area contributed by atoms with E-state index in [9.17, 15) is 0 Å². The summed E-state index contributed by atoms with van der Waals surface area (Å²) in [6.07, 6.45) is 3.57. The average Bonchev–Trinajstić information content (AvgIpc) is 2.92. The van der Waals surface area contributed by atoms with Gasteiger partial charge in [-0.25, -0.2) is 0 Å². The second kappa shape index (κ2) is 7.62. The van der Waals surface area contributed by atoms with Crippen LogP contribution in [-0.4, -0.2) is 37.7 Å². The largest absolute Gasteiger partial charge is 0.377 e. The molecular formula is C15H22Cl2N2O. The Morgan fingerprint density at radius 3 is 2.95 bits per heavy atom. The molecule has 2 N–H and O–H groups in total. The topological polar surface area (TPSA) is 38.5 Å². The first-order valence-electron chi connectivity index (χ1n) is 7.07. The van der Waals surface area contributed by atoms with Crippen molar-refractivity contribution in [3.8, 4) is 0 Å². The minimum Gasteiger partial charge on any atom is -0.377 e. The van der Waals surface area contributed by atoms with Crippen molar-refractivity contribution in [2.24, 2.45) is 5.73 Å². The van der Waals surface area contributed by atoms with Gasteiger partial charge in [0.05, 0.1) is 16.1 Å². The molecule has 1 fully saturated rings. The van der Waals surface area contributed by atoms with Gasteiger partial charge in [0.2, 0.25) is 0 Å². The van der Waals surface area contributed by atoms with Crippen LogP contribution in [0.25, 0.3) is 0 Å². The molecule has 112 valence electrons. The molecular weight excluding hydrogens is 295 g/mol. The van der Waals surface area contributed by atoms with E-state index >= 15 is 0 Å². The van der Waals surface area contributed by atoms with Crippen molar-refractivity contribution < 1.29 is 4.74 Å². The van der Waals surface area contributed by atoms with Crippen LogP contribution >= 0.6 is 23.2 Å². The lowest BCUT2D eigenvalue weighted by molar-refractivity contribution is 0.0804. The average molecular weight is 317 g/mol. The van der Waals surface area contributed by atoms with Crippen molar-refractivity contribution in [1.29, 1.82) is 0 Å². The minimum atomic E-state index is -0.0897. The summed E-state index contributed by atoms with van der Waals surface area (Å²) in [6.45, 7) is 2.79. The van der Waals surface area contributed by atoms with Crippen LogP contribution < -0.4 is 5.73 Å². The second-order valence-electron chi connectivity index (χ2n) is 5.44. The van der Waals surface area contributed by atoms with Crippen LogP contribution in [0.5, 0.6) is 0 Å². The summed E-state index contributed by atoms with van der Waals surface area (Å²) in [5.74, 6) is 0. The van der Waals surface area contributed by atoms with Crippen molar-refractivity contribution in [1.82, 2.24) is 4.90 Å². The Bertz CT molecular complexity index is 436. The molecule has 1 aromatic rings. The zero-order valence-electron chi connectivity index (χ0n) is 11.8. The van der Waals surface area contributed by atoms with Crippen LogP contribution in [0.1, 0.15) is 30.9 Å². The zero-order valence-corrected chi connectivity index (χ0v) is 13.3. The summed E-state index contributed by atoms with van der Waals surface area (Å²) in [7, 11) is 2.11. The molecule has 0 aromatic heterocycles. The summed E-state index contributed by atoms with van der Waals surface area (Å²) in [6, 6.07) is 5.52. The molecule has 1 heterocycles. The minimum absolute atomic E-state index is 0.0897. The fraction of sp³-hybridized carbons (Fsp3) is 0.600. The van der Waals surface area contributed by atoms with Gasteiger partial charge in [-0.05, 0) is 44.5 Å². The second-order valence-corrected chi connectivity index (χ2v) is 6.22. The molecule has 2 rings (SSSR count). The molecule has 1 saturated heterocycles. The normalized spacial score (nSPS) is 20.6. The summed E-state index contributed by atoms with van der Waals surface area (Å²) in [5.41, 5.74) is 7.14. The first-order valence-corrected chi connectivity index (χ1v) is 7.83. The highest BCUT2D eigenvalue weighted by Crippen LogP contribution is 2.30. The third kappa shape index (κ3) is 4.34. The molecule has 20 heavy (non-hydrogen) atoms.